The number of thiophene rings is 1. The van der Waals surface area contributed by atoms with E-state index in [0.29, 0.717) is 16.5 Å². The fourth-order valence-electron chi connectivity index (χ4n) is 4.95. The fourth-order valence-corrected chi connectivity index (χ4v) is 6.15. The second-order valence-electron chi connectivity index (χ2n) is 8.15. The first-order valence-corrected chi connectivity index (χ1v) is 11.2. The molecule has 6 nitrogen and oxygen atoms in total. The summed E-state index contributed by atoms with van der Waals surface area (Å²) in [6.07, 6.45) is 5.84. The van der Waals surface area contributed by atoms with Crippen molar-refractivity contribution in [1.29, 1.82) is 0 Å². The molecule has 3 heterocycles. The average Bonchev–Trinajstić information content (AvgIpc) is 3.28. The molecular formula is C23H24N2O4S. The Bertz CT molecular complexity index is 1170. The number of anilines is 1. The van der Waals surface area contributed by atoms with Gasteiger partial charge in [-0.3, -0.25) is 4.79 Å². The minimum Gasteiger partial charge on any atom is -0.508 e. The number of hydrogen-bond acceptors (Lipinski definition) is 5. The summed E-state index contributed by atoms with van der Waals surface area (Å²) in [5.41, 5.74) is 4.87. The van der Waals surface area contributed by atoms with Crippen LogP contribution in [0.15, 0.2) is 24.3 Å². The second kappa shape index (κ2) is 7.16. The number of carbonyl (C=O) groups is 2. The first-order chi connectivity index (χ1) is 14.5. The Morgan fingerprint density at radius 3 is 2.70 bits per heavy atom. The van der Waals surface area contributed by atoms with Crippen molar-refractivity contribution in [1.82, 2.24) is 4.57 Å². The van der Waals surface area contributed by atoms with Gasteiger partial charge in [-0.05, 0) is 42.5 Å². The number of amides is 1. The van der Waals surface area contributed by atoms with Crippen molar-refractivity contribution in [3.05, 3.63) is 34.7 Å². The van der Waals surface area contributed by atoms with Crippen LogP contribution in [0.2, 0.25) is 0 Å². The SMILES string of the molecule is COC(=O)c1cc2c(s1)c(C1CCCCC1)c1n2CC(=O)N(C)c2cc(O)ccc2-1. The predicted octanol–water partition coefficient (Wildman–Crippen LogP) is 4.89. The first-order valence-electron chi connectivity index (χ1n) is 10.3. The fraction of sp³-hybridized carbons (Fsp3) is 0.391. The number of esters is 1. The summed E-state index contributed by atoms with van der Waals surface area (Å²) in [6.45, 7) is 0.196. The van der Waals surface area contributed by atoms with Crippen molar-refractivity contribution in [3.8, 4) is 17.0 Å². The van der Waals surface area contributed by atoms with Gasteiger partial charge >= 0.3 is 5.97 Å². The number of methoxy groups -OCH3 is 1. The van der Waals surface area contributed by atoms with Gasteiger partial charge in [-0.15, -0.1) is 11.3 Å². The van der Waals surface area contributed by atoms with Crippen LogP contribution in [0.1, 0.15) is 53.3 Å². The number of nitrogens with zero attached hydrogens (tertiary/aromatic N) is 2. The molecule has 1 aromatic carbocycles. The molecule has 2 aromatic heterocycles. The normalized spacial score (nSPS) is 17.0. The molecule has 0 spiro atoms. The number of rotatable bonds is 2. The highest BCUT2D eigenvalue weighted by atomic mass is 32.1. The molecule has 0 bridgehead atoms. The zero-order valence-corrected chi connectivity index (χ0v) is 17.9. The van der Waals surface area contributed by atoms with Crippen molar-refractivity contribution < 1.29 is 19.4 Å². The number of hydrogen-bond donors (Lipinski definition) is 1. The van der Waals surface area contributed by atoms with Crippen LogP contribution in [0.25, 0.3) is 21.5 Å². The largest absolute Gasteiger partial charge is 0.508 e. The number of likely N-dealkylation sites (N-methyl/N-ethyl adjacent to an activating group) is 1. The summed E-state index contributed by atoms with van der Waals surface area (Å²) >= 11 is 1.46. The second-order valence-corrected chi connectivity index (χ2v) is 9.21. The quantitative estimate of drug-likeness (QED) is 0.595. The van der Waals surface area contributed by atoms with E-state index in [4.69, 9.17) is 4.74 Å². The van der Waals surface area contributed by atoms with Gasteiger partial charge in [0.25, 0.3) is 0 Å². The van der Waals surface area contributed by atoms with Crippen LogP contribution in [0.3, 0.4) is 0 Å². The number of aromatic hydroxyl groups is 1. The van der Waals surface area contributed by atoms with Gasteiger partial charge in [0.2, 0.25) is 5.91 Å². The molecule has 1 amide bonds. The number of ether oxygens (including phenoxy) is 1. The molecule has 0 saturated heterocycles. The molecule has 0 radical (unpaired) electrons. The molecule has 7 heteroatoms. The molecule has 0 unspecified atom stereocenters. The smallest absolute Gasteiger partial charge is 0.348 e. The number of aromatic nitrogens is 1. The summed E-state index contributed by atoms with van der Waals surface area (Å²) < 4.78 is 8.09. The molecule has 2 aliphatic rings. The van der Waals surface area contributed by atoms with Gasteiger partial charge in [-0.2, -0.15) is 0 Å². The number of benzene rings is 1. The summed E-state index contributed by atoms with van der Waals surface area (Å²) in [7, 11) is 3.14. The van der Waals surface area contributed by atoms with E-state index < -0.39 is 0 Å². The monoisotopic (exact) mass is 424 g/mol. The molecule has 30 heavy (non-hydrogen) atoms. The molecule has 1 aliphatic carbocycles. The Morgan fingerprint density at radius 1 is 1.20 bits per heavy atom. The third kappa shape index (κ3) is 2.83. The summed E-state index contributed by atoms with van der Waals surface area (Å²) in [6, 6.07) is 7.11. The van der Waals surface area contributed by atoms with E-state index in [1.54, 1.807) is 24.1 Å². The van der Waals surface area contributed by atoms with Crippen molar-refractivity contribution >= 4 is 39.1 Å². The van der Waals surface area contributed by atoms with Crippen LogP contribution in [0.5, 0.6) is 5.75 Å². The molecule has 1 N–H and O–H groups in total. The van der Waals surface area contributed by atoms with Gasteiger partial charge < -0.3 is 19.3 Å². The van der Waals surface area contributed by atoms with E-state index in [2.05, 4.69) is 4.57 Å². The number of carbonyl (C=O) groups excluding carboxylic acids is 2. The van der Waals surface area contributed by atoms with E-state index in [1.165, 1.54) is 43.3 Å². The Balaban J connectivity index is 1.84. The van der Waals surface area contributed by atoms with Gasteiger partial charge in [0, 0.05) is 18.7 Å². The molecule has 3 aromatic rings. The van der Waals surface area contributed by atoms with Gasteiger partial charge in [0.05, 0.1) is 28.7 Å². The molecule has 0 atom stereocenters. The van der Waals surface area contributed by atoms with E-state index in [1.807, 2.05) is 12.1 Å². The van der Waals surface area contributed by atoms with Crippen molar-refractivity contribution in [2.24, 2.45) is 0 Å². The van der Waals surface area contributed by atoms with Gasteiger partial charge in [0.15, 0.2) is 0 Å². The summed E-state index contributed by atoms with van der Waals surface area (Å²) in [5, 5.41) is 10.1. The average molecular weight is 425 g/mol. The summed E-state index contributed by atoms with van der Waals surface area (Å²) in [4.78, 5) is 27.4. The highest BCUT2D eigenvalue weighted by molar-refractivity contribution is 7.21. The summed E-state index contributed by atoms with van der Waals surface area (Å²) in [5.74, 6) is 0.130. The zero-order chi connectivity index (χ0) is 21.0. The standard InChI is InChI=1S/C23H24N2O4S/c1-24-16-10-14(26)8-9-15(16)21-20(13-6-4-3-5-7-13)22-17(25(21)12-19(24)27)11-18(30-22)23(28)29-2/h8-11,13,26H,3-7,12H2,1-2H3. The molecule has 156 valence electrons. The third-order valence-corrected chi connectivity index (χ3v) is 7.58. The van der Waals surface area contributed by atoms with Gasteiger partial charge in [-0.25, -0.2) is 4.79 Å². The van der Waals surface area contributed by atoms with Crippen LogP contribution in [-0.2, 0) is 16.1 Å². The molecule has 1 fully saturated rings. The van der Waals surface area contributed by atoms with E-state index in [0.717, 1.165) is 34.3 Å². The minimum atomic E-state index is -0.345. The number of phenols is 1. The Morgan fingerprint density at radius 2 is 1.97 bits per heavy atom. The highest BCUT2D eigenvalue weighted by Gasteiger charge is 2.33. The van der Waals surface area contributed by atoms with E-state index in [9.17, 15) is 14.7 Å². The lowest BCUT2D eigenvalue weighted by Gasteiger charge is -2.24. The van der Waals surface area contributed by atoms with E-state index >= 15 is 0 Å². The van der Waals surface area contributed by atoms with Crippen LogP contribution in [0.4, 0.5) is 5.69 Å². The lowest BCUT2D eigenvalue weighted by atomic mass is 9.83. The van der Waals surface area contributed by atoms with Gasteiger partial charge in [-0.1, -0.05) is 19.3 Å². The van der Waals surface area contributed by atoms with Crippen LogP contribution < -0.4 is 4.90 Å². The highest BCUT2D eigenvalue weighted by Crippen LogP contribution is 2.49. The lowest BCUT2D eigenvalue weighted by Crippen LogP contribution is -2.28. The maximum absolute atomic E-state index is 13.0. The van der Waals surface area contributed by atoms with Crippen LogP contribution >= 0.6 is 11.3 Å². The van der Waals surface area contributed by atoms with Crippen LogP contribution in [0, 0.1) is 0 Å². The zero-order valence-electron chi connectivity index (χ0n) is 17.1. The Labute approximate surface area is 178 Å². The lowest BCUT2D eigenvalue weighted by molar-refractivity contribution is -0.118. The molecule has 1 aliphatic heterocycles. The maximum Gasteiger partial charge on any atom is 0.348 e. The first kappa shape index (κ1) is 19.2. The van der Waals surface area contributed by atoms with E-state index in [-0.39, 0.29) is 24.2 Å². The number of fused-ring (bicyclic) bond motifs is 5. The number of phenolic OH excluding ortho intramolecular Hbond substituents is 1. The topological polar surface area (TPSA) is 71.8 Å². The third-order valence-electron chi connectivity index (χ3n) is 6.44. The minimum absolute atomic E-state index is 0.0569. The predicted molar refractivity (Wildman–Crippen MR) is 117 cm³/mol. The Hall–Kier alpha value is -2.80. The van der Waals surface area contributed by atoms with Crippen LogP contribution in [-0.4, -0.2) is 35.7 Å². The van der Waals surface area contributed by atoms with Crippen molar-refractivity contribution in [2.45, 2.75) is 44.6 Å². The Kier molecular flexibility index (Phi) is 4.58. The van der Waals surface area contributed by atoms with Crippen molar-refractivity contribution in [2.75, 3.05) is 19.1 Å². The molecule has 1 saturated carbocycles. The van der Waals surface area contributed by atoms with Gasteiger partial charge in [0.1, 0.15) is 17.2 Å². The maximum atomic E-state index is 13.0. The molecular weight excluding hydrogens is 400 g/mol. The molecule has 5 rings (SSSR count). The van der Waals surface area contributed by atoms with Crippen molar-refractivity contribution in [3.63, 3.8) is 0 Å².